The molecule has 2 N–H and O–H groups in total. The van der Waals surface area contributed by atoms with Crippen LogP contribution in [-0.4, -0.2) is 57.2 Å². The van der Waals surface area contributed by atoms with Crippen LogP contribution in [-0.2, 0) is 11.3 Å². The Morgan fingerprint density at radius 2 is 1.95 bits per heavy atom. The van der Waals surface area contributed by atoms with Gasteiger partial charge in [-0.05, 0) is 30.7 Å². The van der Waals surface area contributed by atoms with Gasteiger partial charge in [0, 0.05) is 45.4 Å². The molecule has 22 heavy (non-hydrogen) atoms. The molecule has 0 bridgehead atoms. The van der Waals surface area contributed by atoms with Crippen LogP contribution in [0.3, 0.4) is 0 Å². The van der Waals surface area contributed by atoms with Gasteiger partial charge in [-0.25, -0.2) is 0 Å². The summed E-state index contributed by atoms with van der Waals surface area (Å²) in [6.45, 7) is 6.70. The molecular weight excluding hydrogens is 302 g/mol. The van der Waals surface area contributed by atoms with E-state index >= 15 is 0 Å². The van der Waals surface area contributed by atoms with Crippen LogP contribution in [0.25, 0.3) is 0 Å². The van der Waals surface area contributed by atoms with E-state index in [-0.39, 0.29) is 18.3 Å². The molecule has 0 saturated carbocycles. The van der Waals surface area contributed by atoms with Crippen LogP contribution in [0.1, 0.15) is 22.3 Å². The van der Waals surface area contributed by atoms with Gasteiger partial charge in [0.05, 0.1) is 6.61 Å². The number of carbonyl (C=O) groups excluding carboxylic acids is 1. The van der Waals surface area contributed by atoms with Gasteiger partial charge in [0.1, 0.15) is 0 Å². The van der Waals surface area contributed by atoms with E-state index in [1.54, 1.807) is 7.11 Å². The van der Waals surface area contributed by atoms with Gasteiger partial charge >= 0.3 is 0 Å². The van der Waals surface area contributed by atoms with Crippen LogP contribution >= 0.6 is 12.4 Å². The highest BCUT2D eigenvalue weighted by molar-refractivity contribution is 5.94. The van der Waals surface area contributed by atoms with Crippen molar-refractivity contribution in [1.82, 2.24) is 15.5 Å². The highest BCUT2D eigenvalue weighted by Crippen LogP contribution is 2.05. The Bertz CT molecular complexity index is 434. The predicted molar refractivity (Wildman–Crippen MR) is 90.7 cm³/mol. The maximum absolute atomic E-state index is 12.0. The molecule has 1 aromatic rings. The SMILES string of the molecule is COCc1ccc(C(=O)NCCCN2CCNCC2)cc1.Cl. The summed E-state index contributed by atoms with van der Waals surface area (Å²) in [4.78, 5) is 14.4. The van der Waals surface area contributed by atoms with Crippen LogP contribution in [0.15, 0.2) is 24.3 Å². The third-order valence-corrected chi connectivity index (χ3v) is 3.67. The summed E-state index contributed by atoms with van der Waals surface area (Å²) in [5.41, 5.74) is 1.78. The summed E-state index contributed by atoms with van der Waals surface area (Å²) in [7, 11) is 1.67. The molecule has 1 aliphatic heterocycles. The molecule has 0 aromatic heterocycles. The molecule has 1 aliphatic rings. The maximum atomic E-state index is 12.0. The van der Waals surface area contributed by atoms with Gasteiger partial charge in [0.2, 0.25) is 0 Å². The molecule has 2 rings (SSSR count). The first-order valence-corrected chi connectivity index (χ1v) is 7.59. The number of ether oxygens (including phenoxy) is 1. The van der Waals surface area contributed by atoms with E-state index < -0.39 is 0 Å². The number of hydrogen-bond donors (Lipinski definition) is 2. The zero-order valence-corrected chi connectivity index (χ0v) is 14.0. The summed E-state index contributed by atoms with van der Waals surface area (Å²) in [5.74, 6) is -0.000669. The first kappa shape index (κ1) is 18.9. The van der Waals surface area contributed by atoms with Crippen LogP contribution in [0.2, 0.25) is 0 Å². The van der Waals surface area contributed by atoms with Gasteiger partial charge in [-0.2, -0.15) is 0 Å². The van der Waals surface area contributed by atoms with Gasteiger partial charge in [0.25, 0.3) is 5.91 Å². The van der Waals surface area contributed by atoms with Crippen molar-refractivity contribution in [3.05, 3.63) is 35.4 Å². The number of piperazine rings is 1. The van der Waals surface area contributed by atoms with Crippen LogP contribution in [0.4, 0.5) is 0 Å². The van der Waals surface area contributed by atoms with Crippen molar-refractivity contribution in [1.29, 1.82) is 0 Å². The van der Waals surface area contributed by atoms with Crippen molar-refractivity contribution in [2.45, 2.75) is 13.0 Å². The number of benzene rings is 1. The van der Waals surface area contributed by atoms with E-state index in [1.165, 1.54) is 0 Å². The average molecular weight is 328 g/mol. The average Bonchev–Trinajstić information content (AvgIpc) is 2.53. The third kappa shape index (κ3) is 6.32. The van der Waals surface area contributed by atoms with Crippen molar-refractivity contribution < 1.29 is 9.53 Å². The van der Waals surface area contributed by atoms with Crippen molar-refractivity contribution in [3.63, 3.8) is 0 Å². The lowest BCUT2D eigenvalue weighted by atomic mass is 10.1. The molecule has 0 spiro atoms. The van der Waals surface area contributed by atoms with E-state index in [2.05, 4.69) is 15.5 Å². The zero-order chi connectivity index (χ0) is 14.9. The van der Waals surface area contributed by atoms with Crippen molar-refractivity contribution in [2.24, 2.45) is 0 Å². The molecule has 1 saturated heterocycles. The van der Waals surface area contributed by atoms with Crippen LogP contribution in [0.5, 0.6) is 0 Å². The molecule has 1 heterocycles. The van der Waals surface area contributed by atoms with Gasteiger partial charge in [-0.15, -0.1) is 12.4 Å². The number of hydrogen-bond acceptors (Lipinski definition) is 4. The summed E-state index contributed by atoms with van der Waals surface area (Å²) < 4.78 is 5.06. The molecular formula is C16H26ClN3O2. The second kappa shape index (κ2) is 10.6. The molecule has 0 aliphatic carbocycles. The molecule has 1 amide bonds. The van der Waals surface area contributed by atoms with Gasteiger partial charge < -0.3 is 20.3 Å². The quantitative estimate of drug-likeness (QED) is 0.741. The standard InChI is InChI=1S/C16H25N3O2.ClH/c1-21-13-14-3-5-15(6-4-14)16(20)18-7-2-10-19-11-8-17-9-12-19;/h3-6,17H,2,7-13H2,1H3,(H,18,20);1H. The summed E-state index contributed by atoms with van der Waals surface area (Å²) in [6, 6.07) is 7.55. The van der Waals surface area contributed by atoms with Crippen molar-refractivity contribution in [3.8, 4) is 0 Å². The van der Waals surface area contributed by atoms with E-state index in [9.17, 15) is 4.79 Å². The highest BCUT2D eigenvalue weighted by atomic mass is 35.5. The minimum Gasteiger partial charge on any atom is -0.380 e. The highest BCUT2D eigenvalue weighted by Gasteiger charge is 2.09. The topological polar surface area (TPSA) is 53.6 Å². The normalized spacial score (nSPS) is 15.1. The minimum absolute atomic E-state index is 0. The Morgan fingerprint density at radius 3 is 2.59 bits per heavy atom. The predicted octanol–water partition coefficient (Wildman–Crippen LogP) is 1.28. The third-order valence-electron chi connectivity index (χ3n) is 3.67. The fourth-order valence-electron chi connectivity index (χ4n) is 2.46. The molecule has 0 atom stereocenters. The number of methoxy groups -OCH3 is 1. The summed E-state index contributed by atoms with van der Waals surface area (Å²) in [6.07, 6.45) is 0.994. The molecule has 5 nitrogen and oxygen atoms in total. The second-order valence-corrected chi connectivity index (χ2v) is 5.33. The summed E-state index contributed by atoms with van der Waals surface area (Å²) >= 11 is 0. The van der Waals surface area contributed by atoms with Gasteiger partial charge in [-0.3, -0.25) is 4.79 Å². The van der Waals surface area contributed by atoms with E-state index in [0.717, 1.165) is 51.3 Å². The first-order chi connectivity index (χ1) is 10.3. The Morgan fingerprint density at radius 1 is 1.27 bits per heavy atom. The lowest BCUT2D eigenvalue weighted by Gasteiger charge is -2.27. The molecule has 1 aromatic carbocycles. The Kier molecular flexibility index (Phi) is 9.08. The minimum atomic E-state index is -0.000669. The van der Waals surface area contributed by atoms with Crippen molar-refractivity contribution >= 4 is 18.3 Å². The van der Waals surface area contributed by atoms with Gasteiger partial charge in [0.15, 0.2) is 0 Å². The smallest absolute Gasteiger partial charge is 0.251 e. The number of halogens is 1. The molecule has 0 radical (unpaired) electrons. The van der Waals surface area contributed by atoms with Gasteiger partial charge in [-0.1, -0.05) is 12.1 Å². The number of nitrogens with zero attached hydrogens (tertiary/aromatic N) is 1. The molecule has 1 fully saturated rings. The number of amides is 1. The molecule has 6 heteroatoms. The lowest BCUT2D eigenvalue weighted by molar-refractivity contribution is 0.0951. The van der Waals surface area contributed by atoms with Crippen molar-refractivity contribution in [2.75, 3.05) is 46.4 Å². The largest absolute Gasteiger partial charge is 0.380 e. The molecule has 124 valence electrons. The lowest BCUT2D eigenvalue weighted by Crippen LogP contribution is -2.44. The van der Waals surface area contributed by atoms with E-state index in [4.69, 9.17) is 4.74 Å². The van der Waals surface area contributed by atoms with Crippen LogP contribution in [0, 0.1) is 0 Å². The Balaban J connectivity index is 0.00000242. The number of carbonyl (C=O) groups is 1. The molecule has 0 unspecified atom stereocenters. The second-order valence-electron chi connectivity index (χ2n) is 5.33. The maximum Gasteiger partial charge on any atom is 0.251 e. The Hall–Kier alpha value is -1.14. The van der Waals surface area contributed by atoms with E-state index in [1.807, 2.05) is 24.3 Å². The number of nitrogens with one attached hydrogen (secondary N) is 2. The zero-order valence-electron chi connectivity index (χ0n) is 13.1. The fraction of sp³-hybridized carbons (Fsp3) is 0.562. The number of rotatable bonds is 7. The van der Waals surface area contributed by atoms with Crippen LogP contribution < -0.4 is 10.6 Å². The Labute approximate surface area is 138 Å². The summed E-state index contributed by atoms with van der Waals surface area (Å²) in [5, 5.41) is 6.32. The fourth-order valence-corrected chi connectivity index (χ4v) is 2.46. The first-order valence-electron chi connectivity index (χ1n) is 7.59. The monoisotopic (exact) mass is 327 g/mol. The van der Waals surface area contributed by atoms with E-state index in [0.29, 0.717) is 12.2 Å².